The Balaban J connectivity index is 1.90. The number of ether oxygens (including phenoxy) is 1. The predicted molar refractivity (Wildman–Crippen MR) is 82.1 cm³/mol. The third-order valence-electron chi connectivity index (χ3n) is 3.11. The lowest BCUT2D eigenvalue weighted by Crippen LogP contribution is -2.50. The fourth-order valence-electron chi connectivity index (χ4n) is 2.02. The van der Waals surface area contributed by atoms with Gasteiger partial charge in [0.05, 0.1) is 0 Å². The van der Waals surface area contributed by atoms with Crippen LogP contribution in [0.3, 0.4) is 0 Å². The standard InChI is InChI=1S/C15H22N4O2/c1-5-12-10-16-13(17-11-12)18-6-8-19(9-7-18)14(20)21-15(2,3)4/h5,10-11H,1,6-9H2,2-4H3. The number of carbonyl (C=O) groups is 1. The van der Waals surface area contributed by atoms with Crippen LogP contribution in [-0.2, 0) is 4.74 Å². The Morgan fingerprint density at radius 2 is 1.81 bits per heavy atom. The van der Waals surface area contributed by atoms with Crippen molar-refractivity contribution in [2.45, 2.75) is 26.4 Å². The summed E-state index contributed by atoms with van der Waals surface area (Å²) in [5.41, 5.74) is 0.434. The number of hydrogen-bond acceptors (Lipinski definition) is 5. The molecule has 0 spiro atoms. The second-order valence-corrected chi connectivity index (χ2v) is 5.97. The molecule has 0 saturated carbocycles. The van der Waals surface area contributed by atoms with E-state index in [9.17, 15) is 4.79 Å². The summed E-state index contributed by atoms with van der Waals surface area (Å²) in [5.74, 6) is 0.685. The molecule has 6 heteroatoms. The maximum absolute atomic E-state index is 12.0. The van der Waals surface area contributed by atoms with Crippen molar-refractivity contribution < 1.29 is 9.53 Å². The molecule has 21 heavy (non-hydrogen) atoms. The van der Waals surface area contributed by atoms with Crippen molar-refractivity contribution in [2.75, 3.05) is 31.1 Å². The normalized spacial score (nSPS) is 15.8. The zero-order valence-corrected chi connectivity index (χ0v) is 12.9. The van der Waals surface area contributed by atoms with Gasteiger partial charge in [-0.15, -0.1) is 0 Å². The van der Waals surface area contributed by atoms with Gasteiger partial charge in [0.15, 0.2) is 0 Å². The van der Waals surface area contributed by atoms with Gasteiger partial charge in [0.25, 0.3) is 0 Å². The van der Waals surface area contributed by atoms with Crippen LogP contribution in [0.2, 0.25) is 0 Å². The van der Waals surface area contributed by atoms with Crippen molar-refractivity contribution in [1.82, 2.24) is 14.9 Å². The molecule has 6 nitrogen and oxygen atoms in total. The molecule has 0 bridgehead atoms. The lowest BCUT2D eigenvalue weighted by molar-refractivity contribution is 0.0240. The van der Waals surface area contributed by atoms with Gasteiger partial charge >= 0.3 is 6.09 Å². The van der Waals surface area contributed by atoms with Crippen LogP contribution >= 0.6 is 0 Å². The van der Waals surface area contributed by atoms with E-state index in [0.29, 0.717) is 32.1 Å². The second kappa shape index (κ2) is 6.11. The summed E-state index contributed by atoms with van der Waals surface area (Å²) in [4.78, 5) is 24.4. The quantitative estimate of drug-likeness (QED) is 0.835. The van der Waals surface area contributed by atoms with E-state index in [2.05, 4.69) is 21.4 Å². The number of nitrogens with zero attached hydrogens (tertiary/aromatic N) is 4. The summed E-state index contributed by atoms with van der Waals surface area (Å²) in [7, 11) is 0. The number of aromatic nitrogens is 2. The molecule has 1 aromatic rings. The summed E-state index contributed by atoms with van der Waals surface area (Å²) in [6.45, 7) is 11.9. The van der Waals surface area contributed by atoms with Gasteiger partial charge < -0.3 is 14.5 Å². The van der Waals surface area contributed by atoms with Crippen LogP contribution in [0.4, 0.5) is 10.7 Å². The van der Waals surface area contributed by atoms with E-state index in [1.54, 1.807) is 23.4 Å². The second-order valence-electron chi connectivity index (χ2n) is 5.97. The molecule has 114 valence electrons. The molecular weight excluding hydrogens is 268 g/mol. The summed E-state index contributed by atoms with van der Waals surface area (Å²) < 4.78 is 5.37. The van der Waals surface area contributed by atoms with Crippen molar-refractivity contribution in [1.29, 1.82) is 0 Å². The molecule has 0 atom stereocenters. The third kappa shape index (κ3) is 4.18. The predicted octanol–water partition coefficient (Wildman–Crippen LogP) is 2.18. The zero-order chi connectivity index (χ0) is 15.5. The number of piperazine rings is 1. The maximum atomic E-state index is 12.0. The lowest BCUT2D eigenvalue weighted by Gasteiger charge is -2.35. The summed E-state index contributed by atoms with van der Waals surface area (Å²) in [6.07, 6.45) is 4.94. The molecule has 1 aromatic heterocycles. The molecule has 0 aromatic carbocycles. The first-order valence-electron chi connectivity index (χ1n) is 7.06. The van der Waals surface area contributed by atoms with Gasteiger partial charge in [-0.05, 0) is 20.8 Å². The van der Waals surface area contributed by atoms with Crippen LogP contribution in [0.5, 0.6) is 0 Å². The molecule has 0 N–H and O–H groups in total. The number of rotatable bonds is 2. The van der Waals surface area contributed by atoms with Gasteiger partial charge in [0, 0.05) is 44.1 Å². The van der Waals surface area contributed by atoms with Crippen LogP contribution < -0.4 is 4.90 Å². The van der Waals surface area contributed by atoms with Gasteiger partial charge in [0.1, 0.15) is 5.60 Å². The zero-order valence-electron chi connectivity index (χ0n) is 12.9. The third-order valence-corrected chi connectivity index (χ3v) is 3.11. The number of carbonyl (C=O) groups excluding carboxylic acids is 1. The van der Waals surface area contributed by atoms with E-state index in [0.717, 1.165) is 5.56 Å². The Morgan fingerprint density at radius 3 is 2.29 bits per heavy atom. The minimum Gasteiger partial charge on any atom is -0.444 e. The highest BCUT2D eigenvalue weighted by atomic mass is 16.6. The van der Waals surface area contributed by atoms with E-state index >= 15 is 0 Å². The molecule has 1 amide bonds. The number of hydrogen-bond donors (Lipinski definition) is 0. The monoisotopic (exact) mass is 290 g/mol. The minimum absolute atomic E-state index is 0.259. The van der Waals surface area contributed by atoms with E-state index in [4.69, 9.17) is 4.74 Å². The molecule has 1 aliphatic heterocycles. The first kappa shape index (κ1) is 15.3. The minimum atomic E-state index is -0.460. The van der Waals surface area contributed by atoms with Gasteiger partial charge in [-0.2, -0.15) is 0 Å². The van der Waals surface area contributed by atoms with Crippen LogP contribution in [0, 0.1) is 0 Å². The highest BCUT2D eigenvalue weighted by Gasteiger charge is 2.26. The van der Waals surface area contributed by atoms with Crippen molar-refractivity contribution in [3.63, 3.8) is 0 Å². The molecule has 1 aliphatic rings. The molecule has 2 heterocycles. The molecule has 0 unspecified atom stereocenters. The lowest BCUT2D eigenvalue weighted by atomic mass is 10.2. The smallest absolute Gasteiger partial charge is 0.410 e. The van der Waals surface area contributed by atoms with E-state index in [-0.39, 0.29) is 6.09 Å². The Kier molecular flexibility index (Phi) is 4.45. The van der Waals surface area contributed by atoms with Gasteiger partial charge in [-0.1, -0.05) is 12.7 Å². The summed E-state index contributed by atoms with van der Waals surface area (Å²) in [5, 5.41) is 0. The molecular formula is C15H22N4O2. The fourth-order valence-corrected chi connectivity index (χ4v) is 2.02. The van der Waals surface area contributed by atoms with Crippen molar-refractivity contribution in [2.24, 2.45) is 0 Å². The molecule has 2 rings (SSSR count). The van der Waals surface area contributed by atoms with E-state index in [1.165, 1.54) is 0 Å². The number of amides is 1. The van der Waals surface area contributed by atoms with Gasteiger partial charge in [-0.3, -0.25) is 0 Å². The Bertz CT molecular complexity index is 499. The fraction of sp³-hybridized carbons (Fsp3) is 0.533. The maximum Gasteiger partial charge on any atom is 0.410 e. The summed E-state index contributed by atoms with van der Waals surface area (Å²) >= 11 is 0. The van der Waals surface area contributed by atoms with Crippen molar-refractivity contribution >= 4 is 18.1 Å². The van der Waals surface area contributed by atoms with Crippen LogP contribution in [0.1, 0.15) is 26.3 Å². The average molecular weight is 290 g/mol. The van der Waals surface area contributed by atoms with E-state index in [1.807, 2.05) is 20.8 Å². The van der Waals surface area contributed by atoms with E-state index < -0.39 is 5.60 Å². The largest absolute Gasteiger partial charge is 0.444 e. The molecule has 1 fully saturated rings. The first-order chi connectivity index (χ1) is 9.89. The SMILES string of the molecule is C=Cc1cnc(N2CCN(C(=O)OC(C)(C)C)CC2)nc1. The molecule has 1 saturated heterocycles. The van der Waals surface area contributed by atoms with Gasteiger partial charge in [0.2, 0.25) is 5.95 Å². The Morgan fingerprint density at radius 1 is 1.24 bits per heavy atom. The first-order valence-corrected chi connectivity index (χ1v) is 7.06. The topological polar surface area (TPSA) is 58.6 Å². The highest BCUT2D eigenvalue weighted by molar-refractivity contribution is 5.68. The van der Waals surface area contributed by atoms with Crippen LogP contribution in [0.15, 0.2) is 19.0 Å². The molecule has 0 aliphatic carbocycles. The summed E-state index contributed by atoms with van der Waals surface area (Å²) in [6, 6.07) is 0. The number of anilines is 1. The Hall–Kier alpha value is -2.11. The Labute approximate surface area is 125 Å². The van der Waals surface area contributed by atoms with Gasteiger partial charge in [-0.25, -0.2) is 14.8 Å². The van der Waals surface area contributed by atoms with Crippen LogP contribution in [-0.4, -0.2) is 52.7 Å². The average Bonchev–Trinajstić information content (AvgIpc) is 2.46. The van der Waals surface area contributed by atoms with Crippen LogP contribution in [0.25, 0.3) is 6.08 Å². The van der Waals surface area contributed by atoms with Crippen molar-refractivity contribution in [3.8, 4) is 0 Å². The highest BCUT2D eigenvalue weighted by Crippen LogP contribution is 2.14. The van der Waals surface area contributed by atoms with Crippen molar-refractivity contribution in [3.05, 3.63) is 24.5 Å². The molecule has 0 radical (unpaired) electrons.